The molecule has 0 aliphatic carbocycles. The van der Waals surface area contributed by atoms with Crippen LogP contribution in [0, 0.1) is 5.82 Å². The van der Waals surface area contributed by atoms with Crippen molar-refractivity contribution >= 4 is 11.5 Å². The van der Waals surface area contributed by atoms with Crippen LogP contribution in [0.4, 0.5) is 10.1 Å². The van der Waals surface area contributed by atoms with Gasteiger partial charge in [0.05, 0.1) is 11.4 Å². The fourth-order valence-electron chi connectivity index (χ4n) is 2.43. The molecule has 1 aromatic carbocycles. The van der Waals surface area contributed by atoms with Crippen LogP contribution in [0.15, 0.2) is 36.5 Å². The van der Waals surface area contributed by atoms with Crippen LogP contribution in [0.2, 0.25) is 0 Å². The standard InChI is InChI=1S/C16H15FN2O/c1-16(2)9-19-13-7-11(8-18-15(13)16)14(20)10-3-5-12(17)6-4-10/h3-8,19H,9H2,1-2H3. The molecule has 0 atom stereocenters. The van der Waals surface area contributed by atoms with E-state index in [0.29, 0.717) is 11.1 Å². The third kappa shape index (κ3) is 2.07. The summed E-state index contributed by atoms with van der Waals surface area (Å²) in [6.07, 6.45) is 1.60. The number of nitrogens with one attached hydrogen (secondary N) is 1. The molecule has 1 aliphatic rings. The molecule has 0 fully saturated rings. The lowest BCUT2D eigenvalue weighted by Crippen LogP contribution is -2.20. The predicted molar refractivity (Wildman–Crippen MR) is 75.6 cm³/mol. The highest BCUT2D eigenvalue weighted by Crippen LogP contribution is 2.34. The molecule has 20 heavy (non-hydrogen) atoms. The van der Waals surface area contributed by atoms with Crippen LogP contribution in [0.25, 0.3) is 0 Å². The molecule has 0 spiro atoms. The van der Waals surface area contributed by atoms with Crippen molar-refractivity contribution in [1.29, 1.82) is 0 Å². The molecular formula is C16H15FN2O. The number of rotatable bonds is 2. The first-order valence-corrected chi connectivity index (χ1v) is 6.52. The Kier molecular flexibility index (Phi) is 2.82. The molecule has 0 bridgehead atoms. The zero-order chi connectivity index (χ0) is 14.3. The number of benzene rings is 1. The van der Waals surface area contributed by atoms with Crippen molar-refractivity contribution in [1.82, 2.24) is 4.98 Å². The number of anilines is 1. The van der Waals surface area contributed by atoms with Crippen LogP contribution in [0.5, 0.6) is 0 Å². The third-order valence-corrected chi connectivity index (χ3v) is 3.62. The summed E-state index contributed by atoms with van der Waals surface area (Å²) in [7, 11) is 0. The highest BCUT2D eigenvalue weighted by atomic mass is 19.1. The lowest BCUT2D eigenvalue weighted by molar-refractivity contribution is 0.103. The van der Waals surface area contributed by atoms with E-state index in [4.69, 9.17) is 0 Å². The second-order valence-electron chi connectivity index (χ2n) is 5.69. The Labute approximate surface area is 116 Å². The van der Waals surface area contributed by atoms with E-state index in [1.807, 2.05) is 6.07 Å². The Morgan fingerprint density at radius 2 is 1.95 bits per heavy atom. The van der Waals surface area contributed by atoms with Crippen molar-refractivity contribution in [3.8, 4) is 0 Å². The zero-order valence-corrected chi connectivity index (χ0v) is 11.4. The van der Waals surface area contributed by atoms with Crippen LogP contribution in [-0.4, -0.2) is 17.3 Å². The minimum absolute atomic E-state index is 0.0210. The number of aromatic nitrogens is 1. The lowest BCUT2D eigenvalue weighted by atomic mass is 9.91. The molecule has 1 aromatic heterocycles. The first-order valence-electron chi connectivity index (χ1n) is 6.52. The normalized spacial score (nSPS) is 15.6. The zero-order valence-electron chi connectivity index (χ0n) is 11.4. The summed E-state index contributed by atoms with van der Waals surface area (Å²) in [4.78, 5) is 16.7. The molecule has 4 heteroatoms. The van der Waals surface area contributed by atoms with Gasteiger partial charge in [-0.05, 0) is 30.3 Å². The number of nitrogens with zero attached hydrogens (tertiary/aromatic N) is 1. The van der Waals surface area contributed by atoms with Crippen LogP contribution < -0.4 is 5.32 Å². The van der Waals surface area contributed by atoms with E-state index in [0.717, 1.165) is 17.9 Å². The van der Waals surface area contributed by atoms with Gasteiger partial charge in [-0.3, -0.25) is 9.78 Å². The second-order valence-corrected chi connectivity index (χ2v) is 5.69. The largest absolute Gasteiger partial charge is 0.383 e. The molecule has 0 amide bonds. The summed E-state index contributed by atoms with van der Waals surface area (Å²) in [6, 6.07) is 7.37. The van der Waals surface area contributed by atoms with Gasteiger partial charge in [-0.25, -0.2) is 4.39 Å². The SMILES string of the molecule is CC1(C)CNc2cc(C(=O)c3ccc(F)cc3)cnc21. The fourth-order valence-corrected chi connectivity index (χ4v) is 2.43. The van der Waals surface area contributed by atoms with E-state index in [1.165, 1.54) is 24.3 Å². The molecule has 2 aromatic rings. The molecule has 1 aliphatic heterocycles. The molecule has 102 valence electrons. The fraction of sp³-hybridized carbons (Fsp3) is 0.250. The minimum Gasteiger partial charge on any atom is -0.383 e. The van der Waals surface area contributed by atoms with Crippen molar-refractivity contribution in [2.24, 2.45) is 0 Å². The molecule has 0 saturated heterocycles. The molecule has 0 unspecified atom stereocenters. The Morgan fingerprint density at radius 3 is 2.65 bits per heavy atom. The van der Waals surface area contributed by atoms with Gasteiger partial charge in [-0.1, -0.05) is 13.8 Å². The molecule has 0 saturated carbocycles. The van der Waals surface area contributed by atoms with Crippen LogP contribution in [0.1, 0.15) is 35.5 Å². The van der Waals surface area contributed by atoms with E-state index >= 15 is 0 Å². The minimum atomic E-state index is -0.350. The highest BCUT2D eigenvalue weighted by Gasteiger charge is 2.31. The lowest BCUT2D eigenvalue weighted by Gasteiger charge is -2.15. The summed E-state index contributed by atoms with van der Waals surface area (Å²) < 4.78 is 12.9. The Balaban J connectivity index is 1.96. The number of ketones is 1. The first-order chi connectivity index (χ1) is 9.47. The average Bonchev–Trinajstić information content (AvgIpc) is 2.74. The number of carbonyl (C=O) groups excluding carboxylic acids is 1. The first kappa shape index (κ1) is 12.8. The number of carbonyl (C=O) groups is 1. The smallest absolute Gasteiger partial charge is 0.194 e. The van der Waals surface area contributed by atoms with Crippen molar-refractivity contribution < 1.29 is 9.18 Å². The van der Waals surface area contributed by atoms with Crippen molar-refractivity contribution in [2.75, 3.05) is 11.9 Å². The van der Waals surface area contributed by atoms with Gasteiger partial charge >= 0.3 is 0 Å². The van der Waals surface area contributed by atoms with Crippen LogP contribution >= 0.6 is 0 Å². The van der Waals surface area contributed by atoms with Crippen LogP contribution in [-0.2, 0) is 5.41 Å². The average molecular weight is 270 g/mol. The van der Waals surface area contributed by atoms with E-state index in [2.05, 4.69) is 24.1 Å². The molecule has 2 heterocycles. The summed E-state index contributed by atoms with van der Waals surface area (Å²) in [5, 5.41) is 3.27. The van der Waals surface area contributed by atoms with Gasteiger partial charge in [0.1, 0.15) is 5.82 Å². The summed E-state index contributed by atoms with van der Waals surface area (Å²) in [5.41, 5.74) is 2.84. The van der Waals surface area contributed by atoms with Gasteiger partial charge in [0, 0.05) is 29.3 Å². The van der Waals surface area contributed by atoms with Gasteiger partial charge in [0.2, 0.25) is 0 Å². The van der Waals surface area contributed by atoms with Gasteiger partial charge in [0.25, 0.3) is 0 Å². The Bertz CT molecular complexity index is 677. The Morgan fingerprint density at radius 1 is 1.25 bits per heavy atom. The number of pyridine rings is 1. The van der Waals surface area contributed by atoms with Gasteiger partial charge in [-0.15, -0.1) is 0 Å². The van der Waals surface area contributed by atoms with E-state index in [9.17, 15) is 9.18 Å². The molecule has 3 nitrogen and oxygen atoms in total. The summed E-state index contributed by atoms with van der Waals surface area (Å²) in [6.45, 7) is 5.03. The van der Waals surface area contributed by atoms with Gasteiger partial charge in [0.15, 0.2) is 5.78 Å². The number of fused-ring (bicyclic) bond motifs is 1. The predicted octanol–water partition coefficient (Wildman–Crippen LogP) is 3.15. The molecular weight excluding hydrogens is 255 g/mol. The van der Waals surface area contributed by atoms with E-state index < -0.39 is 0 Å². The molecule has 1 N–H and O–H groups in total. The van der Waals surface area contributed by atoms with E-state index in [1.54, 1.807) is 6.20 Å². The maximum atomic E-state index is 12.9. The Hall–Kier alpha value is -2.23. The molecule has 0 radical (unpaired) electrons. The number of hydrogen-bond acceptors (Lipinski definition) is 3. The van der Waals surface area contributed by atoms with Crippen molar-refractivity contribution in [3.05, 3.63) is 59.2 Å². The van der Waals surface area contributed by atoms with Crippen LogP contribution in [0.3, 0.4) is 0 Å². The van der Waals surface area contributed by atoms with E-state index in [-0.39, 0.29) is 17.0 Å². The quantitative estimate of drug-likeness (QED) is 0.852. The summed E-state index contributed by atoms with van der Waals surface area (Å²) in [5.74, 6) is -0.496. The maximum absolute atomic E-state index is 12.9. The number of halogens is 1. The highest BCUT2D eigenvalue weighted by molar-refractivity contribution is 6.09. The maximum Gasteiger partial charge on any atom is 0.194 e. The topological polar surface area (TPSA) is 42.0 Å². The second kappa shape index (κ2) is 4.40. The van der Waals surface area contributed by atoms with Gasteiger partial charge < -0.3 is 5.32 Å². The number of hydrogen-bond donors (Lipinski definition) is 1. The van der Waals surface area contributed by atoms with Crippen molar-refractivity contribution in [2.45, 2.75) is 19.3 Å². The summed E-state index contributed by atoms with van der Waals surface area (Å²) >= 11 is 0. The van der Waals surface area contributed by atoms with Crippen molar-refractivity contribution in [3.63, 3.8) is 0 Å². The third-order valence-electron chi connectivity index (χ3n) is 3.62. The van der Waals surface area contributed by atoms with Gasteiger partial charge in [-0.2, -0.15) is 0 Å². The monoisotopic (exact) mass is 270 g/mol. The molecule has 3 rings (SSSR count).